The van der Waals surface area contributed by atoms with E-state index in [1.54, 1.807) is 11.8 Å². The molecule has 0 saturated carbocycles. The molecule has 0 fully saturated rings. The highest BCUT2D eigenvalue weighted by Gasteiger charge is 2.10. The van der Waals surface area contributed by atoms with Gasteiger partial charge in [-0.25, -0.2) is 9.97 Å². The van der Waals surface area contributed by atoms with Crippen LogP contribution < -0.4 is 10.6 Å². The third kappa shape index (κ3) is 3.88. The smallest absolute Gasteiger partial charge is 0.139 e. The molecule has 0 atom stereocenters. The molecule has 1 aromatic carbocycles. The summed E-state index contributed by atoms with van der Waals surface area (Å²) in [5.74, 6) is 2.63. The van der Waals surface area contributed by atoms with E-state index in [0.29, 0.717) is 0 Å². The lowest BCUT2D eigenvalue weighted by molar-refractivity contribution is 0.930. The summed E-state index contributed by atoms with van der Waals surface area (Å²) in [6, 6.07) is 8.36. The van der Waals surface area contributed by atoms with Crippen LogP contribution in [0, 0.1) is 6.92 Å². The maximum atomic E-state index is 4.60. The van der Waals surface area contributed by atoms with E-state index in [1.807, 2.05) is 6.92 Å². The Morgan fingerprint density at radius 1 is 1.05 bits per heavy atom. The molecule has 0 spiro atoms. The van der Waals surface area contributed by atoms with Crippen LogP contribution in [0.15, 0.2) is 29.2 Å². The summed E-state index contributed by atoms with van der Waals surface area (Å²) in [4.78, 5) is 10.4. The Labute approximate surface area is 130 Å². The van der Waals surface area contributed by atoms with Crippen LogP contribution in [0.25, 0.3) is 0 Å². The first-order valence-corrected chi connectivity index (χ1v) is 8.42. The Hall–Kier alpha value is -1.75. The molecule has 0 unspecified atom stereocenters. The summed E-state index contributed by atoms with van der Waals surface area (Å²) < 4.78 is 0. The van der Waals surface area contributed by atoms with Gasteiger partial charge in [0.25, 0.3) is 0 Å². The van der Waals surface area contributed by atoms with Crippen LogP contribution in [0.2, 0.25) is 0 Å². The van der Waals surface area contributed by atoms with Crippen molar-refractivity contribution in [1.82, 2.24) is 9.97 Å². The van der Waals surface area contributed by atoms with E-state index in [-0.39, 0.29) is 0 Å². The van der Waals surface area contributed by atoms with E-state index in [4.69, 9.17) is 0 Å². The SMILES string of the molecule is CCNc1nc(CC)nc(Nc2ccc(SC)cc2)c1C. The predicted molar refractivity (Wildman–Crippen MR) is 91.8 cm³/mol. The number of rotatable bonds is 6. The predicted octanol–water partition coefficient (Wildman–Crippen LogP) is 4.24. The van der Waals surface area contributed by atoms with Crippen molar-refractivity contribution in [2.45, 2.75) is 32.1 Å². The normalized spacial score (nSPS) is 10.5. The van der Waals surface area contributed by atoms with Gasteiger partial charge in [0.05, 0.1) is 0 Å². The van der Waals surface area contributed by atoms with Crippen LogP contribution in [0.1, 0.15) is 25.2 Å². The topological polar surface area (TPSA) is 49.8 Å². The van der Waals surface area contributed by atoms with Crippen molar-refractivity contribution in [3.05, 3.63) is 35.7 Å². The average molecular weight is 302 g/mol. The van der Waals surface area contributed by atoms with Gasteiger partial charge < -0.3 is 10.6 Å². The van der Waals surface area contributed by atoms with Crippen molar-refractivity contribution in [1.29, 1.82) is 0 Å². The lowest BCUT2D eigenvalue weighted by Crippen LogP contribution is -2.09. The summed E-state index contributed by atoms with van der Waals surface area (Å²) in [5.41, 5.74) is 2.09. The first-order chi connectivity index (χ1) is 10.2. The summed E-state index contributed by atoms with van der Waals surface area (Å²) in [6.45, 7) is 7.03. The molecule has 0 aliphatic heterocycles. The van der Waals surface area contributed by atoms with Crippen molar-refractivity contribution in [3.63, 3.8) is 0 Å². The largest absolute Gasteiger partial charge is 0.370 e. The Bertz CT molecular complexity index is 596. The molecule has 2 aromatic rings. The number of anilines is 3. The van der Waals surface area contributed by atoms with Gasteiger partial charge in [-0.2, -0.15) is 0 Å². The molecular weight excluding hydrogens is 280 g/mol. The molecule has 112 valence electrons. The quantitative estimate of drug-likeness (QED) is 0.781. The van der Waals surface area contributed by atoms with E-state index in [1.165, 1.54) is 4.90 Å². The summed E-state index contributed by atoms with van der Waals surface area (Å²) in [6.07, 6.45) is 2.89. The summed E-state index contributed by atoms with van der Waals surface area (Å²) in [5, 5.41) is 6.70. The summed E-state index contributed by atoms with van der Waals surface area (Å²) in [7, 11) is 0. The first-order valence-electron chi connectivity index (χ1n) is 7.20. The third-order valence-corrected chi connectivity index (χ3v) is 3.95. The number of hydrogen-bond acceptors (Lipinski definition) is 5. The van der Waals surface area contributed by atoms with Crippen LogP contribution in [0.4, 0.5) is 17.3 Å². The van der Waals surface area contributed by atoms with Crippen LogP contribution in [-0.2, 0) is 6.42 Å². The maximum Gasteiger partial charge on any atom is 0.139 e. The number of aromatic nitrogens is 2. The molecule has 1 aromatic heterocycles. The van der Waals surface area contributed by atoms with Gasteiger partial charge in [0.2, 0.25) is 0 Å². The number of nitrogens with one attached hydrogen (secondary N) is 2. The first kappa shape index (κ1) is 15.6. The van der Waals surface area contributed by atoms with Crippen molar-refractivity contribution in [2.75, 3.05) is 23.4 Å². The van der Waals surface area contributed by atoms with E-state index in [9.17, 15) is 0 Å². The Morgan fingerprint density at radius 3 is 2.29 bits per heavy atom. The van der Waals surface area contributed by atoms with E-state index < -0.39 is 0 Å². The lowest BCUT2D eigenvalue weighted by atomic mass is 10.2. The Balaban J connectivity index is 2.30. The minimum Gasteiger partial charge on any atom is -0.370 e. The van der Waals surface area contributed by atoms with Crippen LogP contribution in [-0.4, -0.2) is 22.8 Å². The number of benzene rings is 1. The highest BCUT2D eigenvalue weighted by Crippen LogP contribution is 2.25. The number of thioether (sulfide) groups is 1. The molecular formula is C16H22N4S. The summed E-state index contributed by atoms with van der Waals surface area (Å²) >= 11 is 1.74. The zero-order valence-electron chi connectivity index (χ0n) is 13.0. The standard InChI is InChI=1S/C16H22N4S/c1-5-14-19-15(17-6-2)11(3)16(20-14)18-12-7-9-13(21-4)10-8-12/h7-10H,5-6H2,1-4H3,(H2,17,18,19,20). The van der Waals surface area contributed by atoms with Crippen molar-refractivity contribution in [3.8, 4) is 0 Å². The van der Waals surface area contributed by atoms with Crippen LogP contribution in [0.3, 0.4) is 0 Å². The molecule has 0 aliphatic carbocycles. The van der Waals surface area contributed by atoms with E-state index in [2.05, 4.69) is 65.0 Å². The molecule has 0 saturated heterocycles. The molecule has 21 heavy (non-hydrogen) atoms. The fourth-order valence-electron chi connectivity index (χ4n) is 1.99. The van der Waals surface area contributed by atoms with Crippen molar-refractivity contribution >= 4 is 29.1 Å². The highest BCUT2D eigenvalue weighted by molar-refractivity contribution is 7.98. The monoisotopic (exact) mass is 302 g/mol. The Kier molecular flexibility index (Phi) is 5.44. The van der Waals surface area contributed by atoms with E-state index >= 15 is 0 Å². The van der Waals surface area contributed by atoms with Gasteiger partial charge in [0, 0.05) is 29.1 Å². The fraction of sp³-hybridized carbons (Fsp3) is 0.375. The van der Waals surface area contributed by atoms with Gasteiger partial charge >= 0.3 is 0 Å². The van der Waals surface area contributed by atoms with Crippen molar-refractivity contribution in [2.24, 2.45) is 0 Å². The number of nitrogens with zero attached hydrogens (tertiary/aromatic N) is 2. The second-order valence-corrected chi connectivity index (χ2v) is 5.58. The third-order valence-electron chi connectivity index (χ3n) is 3.21. The molecule has 2 N–H and O–H groups in total. The van der Waals surface area contributed by atoms with Crippen LogP contribution in [0.5, 0.6) is 0 Å². The van der Waals surface area contributed by atoms with E-state index in [0.717, 1.165) is 41.7 Å². The average Bonchev–Trinajstić information content (AvgIpc) is 2.52. The molecule has 4 nitrogen and oxygen atoms in total. The molecule has 0 bridgehead atoms. The van der Waals surface area contributed by atoms with Gasteiger partial charge in [0.1, 0.15) is 17.5 Å². The molecule has 1 heterocycles. The van der Waals surface area contributed by atoms with Gasteiger partial charge in [-0.05, 0) is 44.4 Å². The number of hydrogen-bond donors (Lipinski definition) is 2. The molecule has 0 radical (unpaired) electrons. The molecule has 0 amide bonds. The van der Waals surface area contributed by atoms with Crippen molar-refractivity contribution < 1.29 is 0 Å². The van der Waals surface area contributed by atoms with Gasteiger partial charge in [-0.1, -0.05) is 6.92 Å². The second kappa shape index (κ2) is 7.31. The molecule has 2 rings (SSSR count). The fourth-order valence-corrected chi connectivity index (χ4v) is 2.40. The number of aryl methyl sites for hydroxylation is 1. The van der Waals surface area contributed by atoms with Gasteiger partial charge in [-0.15, -0.1) is 11.8 Å². The zero-order chi connectivity index (χ0) is 15.2. The lowest BCUT2D eigenvalue weighted by Gasteiger charge is -2.14. The second-order valence-electron chi connectivity index (χ2n) is 4.70. The van der Waals surface area contributed by atoms with Crippen LogP contribution >= 0.6 is 11.8 Å². The minimum atomic E-state index is 0.818. The minimum absolute atomic E-state index is 0.818. The molecule has 0 aliphatic rings. The highest BCUT2D eigenvalue weighted by atomic mass is 32.2. The van der Waals surface area contributed by atoms with Gasteiger partial charge in [-0.3, -0.25) is 0 Å². The maximum absolute atomic E-state index is 4.60. The van der Waals surface area contributed by atoms with Gasteiger partial charge in [0.15, 0.2) is 0 Å². The molecule has 5 heteroatoms. The Morgan fingerprint density at radius 2 is 1.71 bits per heavy atom. The zero-order valence-corrected chi connectivity index (χ0v) is 13.8.